The molecule has 28 heavy (non-hydrogen) atoms. The number of rotatable bonds is 8. The lowest BCUT2D eigenvalue weighted by Crippen LogP contribution is -2.39. The molecule has 6 nitrogen and oxygen atoms in total. The van der Waals surface area contributed by atoms with Gasteiger partial charge in [-0.2, -0.15) is 4.98 Å². The van der Waals surface area contributed by atoms with Crippen molar-refractivity contribution in [3.63, 3.8) is 0 Å². The average Bonchev–Trinajstić information content (AvgIpc) is 2.71. The van der Waals surface area contributed by atoms with Gasteiger partial charge in [0.2, 0.25) is 0 Å². The lowest BCUT2D eigenvalue weighted by molar-refractivity contribution is -0.624. The third kappa shape index (κ3) is 5.13. The van der Waals surface area contributed by atoms with Crippen molar-refractivity contribution in [2.24, 2.45) is 5.92 Å². The summed E-state index contributed by atoms with van der Waals surface area (Å²) in [6.45, 7) is 4.03. The van der Waals surface area contributed by atoms with Crippen LogP contribution in [-0.2, 0) is 19.6 Å². The van der Waals surface area contributed by atoms with Crippen LogP contribution in [0.3, 0.4) is 0 Å². The maximum atomic E-state index is 13.2. The van der Waals surface area contributed by atoms with E-state index in [2.05, 4.69) is 4.98 Å². The Balaban J connectivity index is 1.90. The van der Waals surface area contributed by atoms with E-state index in [4.69, 9.17) is 9.47 Å². The number of aliphatic hydroxyl groups excluding tert-OH is 1. The van der Waals surface area contributed by atoms with Crippen LogP contribution < -0.4 is 14.2 Å². The Kier molecular flexibility index (Phi) is 7.09. The summed E-state index contributed by atoms with van der Waals surface area (Å²) in [5.41, 5.74) is 1.68. The second-order valence-corrected chi connectivity index (χ2v) is 7.82. The molecule has 1 aliphatic carbocycles. The summed E-state index contributed by atoms with van der Waals surface area (Å²) in [7, 11) is 0. The highest BCUT2D eigenvalue weighted by atomic mass is 16.6. The van der Waals surface area contributed by atoms with Gasteiger partial charge in [-0.1, -0.05) is 50.6 Å². The minimum atomic E-state index is -0.367. The molecule has 0 bridgehead atoms. The first kappa shape index (κ1) is 20.4. The number of ether oxygens (including phenoxy) is 2. The van der Waals surface area contributed by atoms with Gasteiger partial charge in [0, 0.05) is 6.42 Å². The predicted octanol–water partition coefficient (Wildman–Crippen LogP) is 3.70. The zero-order valence-electron chi connectivity index (χ0n) is 16.8. The van der Waals surface area contributed by atoms with E-state index < -0.39 is 0 Å². The number of hydrogen-bond donors (Lipinski definition) is 1. The van der Waals surface area contributed by atoms with E-state index >= 15 is 0 Å². The van der Waals surface area contributed by atoms with Crippen LogP contribution in [0.15, 0.2) is 30.3 Å². The van der Waals surface area contributed by atoms with E-state index in [1.165, 1.54) is 6.42 Å². The van der Waals surface area contributed by atoms with E-state index in [-0.39, 0.29) is 36.1 Å². The van der Waals surface area contributed by atoms with Crippen molar-refractivity contribution < 1.29 is 19.3 Å². The molecule has 0 aliphatic heterocycles. The molecule has 0 unspecified atom stereocenters. The first-order valence-corrected chi connectivity index (χ1v) is 10.2. The smallest absolute Gasteiger partial charge is 0.404 e. The topological polar surface area (TPSA) is 78.5 Å². The van der Waals surface area contributed by atoms with Crippen LogP contribution in [0.4, 0.5) is 0 Å². The van der Waals surface area contributed by atoms with Gasteiger partial charge in [-0.15, -0.1) is 4.73 Å². The molecule has 1 aromatic carbocycles. The molecule has 2 aromatic rings. The minimum Gasteiger partial charge on any atom is -0.616 e. The van der Waals surface area contributed by atoms with Gasteiger partial charge in [-0.25, -0.2) is 0 Å². The first-order chi connectivity index (χ1) is 13.6. The maximum Gasteiger partial charge on any atom is 0.404 e. The van der Waals surface area contributed by atoms with Crippen LogP contribution in [0, 0.1) is 11.1 Å². The van der Waals surface area contributed by atoms with Crippen LogP contribution in [0.25, 0.3) is 0 Å². The number of aromatic nitrogens is 2. The Hall–Kier alpha value is -2.34. The molecule has 1 aromatic heterocycles. The fourth-order valence-corrected chi connectivity index (χ4v) is 3.52. The van der Waals surface area contributed by atoms with E-state index in [0.717, 1.165) is 36.0 Å². The van der Waals surface area contributed by atoms with Gasteiger partial charge < -0.3 is 19.8 Å². The van der Waals surface area contributed by atoms with Crippen molar-refractivity contribution in [3.05, 3.63) is 52.5 Å². The molecule has 0 radical (unpaired) electrons. The van der Waals surface area contributed by atoms with Crippen LogP contribution >= 0.6 is 0 Å². The fraction of sp³-hybridized carbons (Fsp3) is 0.545. The van der Waals surface area contributed by atoms with Crippen molar-refractivity contribution in [1.82, 2.24) is 4.98 Å². The largest absolute Gasteiger partial charge is 0.616 e. The standard InChI is InChI=1S/C22H30N2O4/c1-16(2)13-20-21(27-15-17-9-5-3-6-10-17)23-19(14-25)22(24(20)26)28-18-11-7-4-8-12-18/h3,5-6,9-10,16,18,25H,4,7-8,11-15H2,1-2H3. The lowest BCUT2D eigenvalue weighted by Gasteiger charge is -2.23. The summed E-state index contributed by atoms with van der Waals surface area (Å²) in [6.07, 6.45) is 5.78. The molecule has 1 heterocycles. The Morgan fingerprint density at radius 3 is 2.54 bits per heavy atom. The Morgan fingerprint density at radius 1 is 1.18 bits per heavy atom. The fourth-order valence-electron chi connectivity index (χ4n) is 3.52. The zero-order chi connectivity index (χ0) is 19.9. The Bertz CT molecular complexity index is 759. The Morgan fingerprint density at radius 2 is 1.89 bits per heavy atom. The number of hydrogen-bond acceptors (Lipinski definition) is 5. The van der Waals surface area contributed by atoms with Crippen LogP contribution in [-0.4, -0.2) is 16.2 Å². The van der Waals surface area contributed by atoms with Gasteiger partial charge in [0.25, 0.3) is 11.6 Å². The van der Waals surface area contributed by atoms with Crippen molar-refractivity contribution in [2.75, 3.05) is 0 Å². The molecule has 3 rings (SSSR count). The highest BCUT2D eigenvalue weighted by Crippen LogP contribution is 2.27. The molecule has 1 aliphatic rings. The SMILES string of the molecule is CC(C)Cc1c(OCc2ccccc2)nc(CO)c(OC2CCCCC2)[n+]1[O-]. The summed E-state index contributed by atoms with van der Waals surface area (Å²) in [4.78, 5) is 4.47. The first-order valence-electron chi connectivity index (χ1n) is 10.2. The molecule has 1 fully saturated rings. The molecule has 0 amide bonds. The quantitative estimate of drug-likeness (QED) is 0.553. The zero-order valence-corrected chi connectivity index (χ0v) is 16.8. The molecule has 6 heteroatoms. The van der Waals surface area contributed by atoms with Crippen LogP contribution in [0.5, 0.6) is 11.8 Å². The number of nitrogens with zero attached hydrogens (tertiary/aromatic N) is 2. The van der Waals surface area contributed by atoms with Crippen LogP contribution in [0.2, 0.25) is 0 Å². The molecular weight excluding hydrogens is 356 g/mol. The third-order valence-corrected chi connectivity index (χ3v) is 4.96. The van der Waals surface area contributed by atoms with Crippen molar-refractivity contribution in [1.29, 1.82) is 0 Å². The van der Waals surface area contributed by atoms with Gasteiger partial charge in [-0.3, -0.25) is 0 Å². The summed E-state index contributed by atoms with van der Waals surface area (Å²) < 4.78 is 12.7. The second kappa shape index (κ2) is 9.73. The average molecular weight is 386 g/mol. The second-order valence-electron chi connectivity index (χ2n) is 7.82. The highest BCUT2D eigenvalue weighted by Gasteiger charge is 2.29. The summed E-state index contributed by atoms with van der Waals surface area (Å²) in [5, 5.41) is 23.0. The lowest BCUT2D eigenvalue weighted by atomic mass is 9.98. The normalized spacial score (nSPS) is 15.0. The van der Waals surface area contributed by atoms with Crippen molar-refractivity contribution in [3.8, 4) is 11.8 Å². The summed E-state index contributed by atoms with van der Waals surface area (Å²) in [6, 6.07) is 9.74. The monoisotopic (exact) mass is 386 g/mol. The van der Waals surface area contributed by atoms with E-state index in [1.807, 2.05) is 44.2 Å². The molecule has 0 atom stereocenters. The van der Waals surface area contributed by atoms with Gasteiger partial charge in [0.1, 0.15) is 12.7 Å². The van der Waals surface area contributed by atoms with Crippen molar-refractivity contribution >= 4 is 0 Å². The maximum absolute atomic E-state index is 13.2. The molecule has 1 N–H and O–H groups in total. The molecule has 0 spiro atoms. The number of benzene rings is 1. The molecule has 0 saturated heterocycles. The molecule has 1 saturated carbocycles. The number of aliphatic hydroxyl groups is 1. The van der Waals surface area contributed by atoms with E-state index in [1.54, 1.807) is 0 Å². The minimum absolute atomic E-state index is 0.00374. The van der Waals surface area contributed by atoms with Crippen molar-refractivity contribution in [2.45, 2.75) is 71.7 Å². The Labute approximate surface area is 166 Å². The molecular formula is C22H30N2O4. The van der Waals surface area contributed by atoms with Gasteiger partial charge in [0.05, 0.1) is 6.61 Å². The summed E-state index contributed by atoms with van der Waals surface area (Å²) in [5.74, 6) is 0.647. The van der Waals surface area contributed by atoms with Gasteiger partial charge >= 0.3 is 5.88 Å². The molecule has 152 valence electrons. The van der Waals surface area contributed by atoms with Gasteiger partial charge in [0.15, 0.2) is 5.69 Å². The van der Waals surface area contributed by atoms with E-state index in [9.17, 15) is 10.3 Å². The van der Waals surface area contributed by atoms with E-state index in [0.29, 0.717) is 18.7 Å². The predicted molar refractivity (Wildman–Crippen MR) is 106 cm³/mol. The van der Waals surface area contributed by atoms with Gasteiger partial charge in [-0.05, 0) is 37.2 Å². The summed E-state index contributed by atoms with van der Waals surface area (Å²) >= 11 is 0. The third-order valence-electron chi connectivity index (χ3n) is 4.96. The van der Waals surface area contributed by atoms with Crippen LogP contribution in [0.1, 0.15) is 62.9 Å². The highest BCUT2D eigenvalue weighted by molar-refractivity contribution is 5.24.